The molecule has 3 rings (SSSR count). The Labute approximate surface area is 180 Å². The summed E-state index contributed by atoms with van der Waals surface area (Å²) in [6.07, 6.45) is 1.46. The minimum Gasteiger partial charge on any atom is -0.493 e. The summed E-state index contributed by atoms with van der Waals surface area (Å²) in [4.78, 5) is 11.4. The third-order valence-electron chi connectivity index (χ3n) is 3.73. The first-order chi connectivity index (χ1) is 13.8. The van der Waals surface area contributed by atoms with Gasteiger partial charge in [0.15, 0.2) is 16.7 Å². The van der Waals surface area contributed by atoms with Gasteiger partial charge >= 0.3 is 10.1 Å². The van der Waals surface area contributed by atoms with Gasteiger partial charge in [0.05, 0.1) is 18.6 Å². The highest BCUT2D eigenvalue weighted by molar-refractivity contribution is 9.10. The van der Waals surface area contributed by atoms with E-state index in [1.807, 2.05) is 0 Å². The van der Waals surface area contributed by atoms with Gasteiger partial charge in [-0.2, -0.15) is 13.5 Å². The SMILES string of the molecule is COc1cc(/C=N/N=C2\NC(=O)C(C)S2)ccc1OS(=O)(=O)c1ccc(Br)cc1. The smallest absolute Gasteiger partial charge is 0.339 e. The van der Waals surface area contributed by atoms with Gasteiger partial charge in [0.1, 0.15) is 4.90 Å². The highest BCUT2D eigenvalue weighted by Crippen LogP contribution is 2.30. The summed E-state index contributed by atoms with van der Waals surface area (Å²) < 4.78 is 36.1. The van der Waals surface area contributed by atoms with Crippen molar-refractivity contribution >= 4 is 55.1 Å². The summed E-state index contributed by atoms with van der Waals surface area (Å²) in [6.45, 7) is 1.78. The highest BCUT2D eigenvalue weighted by atomic mass is 79.9. The van der Waals surface area contributed by atoms with E-state index in [4.69, 9.17) is 8.92 Å². The predicted octanol–water partition coefficient (Wildman–Crippen LogP) is 3.17. The van der Waals surface area contributed by atoms with Crippen LogP contribution in [0.2, 0.25) is 0 Å². The third-order valence-corrected chi connectivity index (χ3v) is 6.48. The summed E-state index contributed by atoms with van der Waals surface area (Å²) >= 11 is 4.54. The lowest BCUT2D eigenvalue weighted by Gasteiger charge is -2.11. The lowest BCUT2D eigenvalue weighted by Crippen LogP contribution is -2.23. The maximum absolute atomic E-state index is 12.5. The second-order valence-corrected chi connectivity index (χ2v) is 9.59. The van der Waals surface area contributed by atoms with Crippen molar-refractivity contribution in [3.63, 3.8) is 0 Å². The summed E-state index contributed by atoms with van der Waals surface area (Å²) in [5.41, 5.74) is 0.613. The lowest BCUT2D eigenvalue weighted by atomic mass is 10.2. The molecule has 0 aliphatic carbocycles. The first kappa shape index (κ1) is 21.3. The van der Waals surface area contributed by atoms with Gasteiger partial charge in [-0.1, -0.05) is 27.7 Å². The second-order valence-electron chi connectivity index (χ2n) is 5.80. The van der Waals surface area contributed by atoms with Crippen molar-refractivity contribution in [3.8, 4) is 11.5 Å². The van der Waals surface area contributed by atoms with Crippen molar-refractivity contribution < 1.29 is 22.1 Å². The zero-order valence-electron chi connectivity index (χ0n) is 15.3. The van der Waals surface area contributed by atoms with Crippen LogP contribution in [0.5, 0.6) is 11.5 Å². The monoisotopic (exact) mass is 497 g/mol. The fourth-order valence-corrected chi connectivity index (χ4v) is 4.21. The first-order valence-corrected chi connectivity index (χ1v) is 11.3. The van der Waals surface area contributed by atoms with E-state index in [2.05, 4.69) is 31.4 Å². The Morgan fingerprint density at radius 2 is 1.90 bits per heavy atom. The molecule has 0 saturated carbocycles. The van der Waals surface area contributed by atoms with E-state index in [0.29, 0.717) is 10.7 Å². The molecule has 152 valence electrons. The molecule has 8 nitrogen and oxygen atoms in total. The number of methoxy groups -OCH3 is 1. The summed E-state index contributed by atoms with van der Waals surface area (Å²) in [7, 11) is -2.61. The summed E-state index contributed by atoms with van der Waals surface area (Å²) in [6, 6.07) is 10.7. The Hall–Kier alpha value is -2.37. The Bertz CT molecular complexity index is 1090. The minimum atomic E-state index is -4.01. The molecule has 1 amide bonds. The van der Waals surface area contributed by atoms with E-state index in [0.717, 1.165) is 4.47 Å². The van der Waals surface area contributed by atoms with Gasteiger partial charge in [0.2, 0.25) is 5.91 Å². The summed E-state index contributed by atoms with van der Waals surface area (Å²) in [5, 5.41) is 10.7. The van der Waals surface area contributed by atoms with Gasteiger partial charge in [-0.25, -0.2) is 0 Å². The number of nitrogens with one attached hydrogen (secondary N) is 1. The van der Waals surface area contributed by atoms with Crippen LogP contribution in [0.3, 0.4) is 0 Å². The molecule has 2 aromatic rings. The van der Waals surface area contributed by atoms with Crippen LogP contribution in [-0.4, -0.2) is 38.1 Å². The number of rotatable bonds is 6. The molecule has 1 saturated heterocycles. The van der Waals surface area contributed by atoms with E-state index >= 15 is 0 Å². The predicted molar refractivity (Wildman–Crippen MR) is 115 cm³/mol. The Morgan fingerprint density at radius 1 is 1.17 bits per heavy atom. The fourth-order valence-electron chi connectivity index (χ4n) is 2.25. The number of carbonyl (C=O) groups is 1. The van der Waals surface area contributed by atoms with Crippen molar-refractivity contribution in [2.24, 2.45) is 10.2 Å². The number of halogens is 1. The number of hydrogen-bond donors (Lipinski definition) is 1. The zero-order valence-corrected chi connectivity index (χ0v) is 18.5. The molecule has 11 heteroatoms. The zero-order chi connectivity index (χ0) is 21.0. The molecule has 1 aliphatic heterocycles. The number of hydrogen-bond acceptors (Lipinski definition) is 8. The van der Waals surface area contributed by atoms with E-state index in [1.165, 1.54) is 43.3 Å². The quantitative estimate of drug-likeness (QED) is 0.373. The largest absolute Gasteiger partial charge is 0.493 e. The van der Waals surface area contributed by atoms with Crippen molar-refractivity contribution in [2.75, 3.05) is 7.11 Å². The molecule has 0 bridgehead atoms. The van der Waals surface area contributed by atoms with Crippen LogP contribution in [0.15, 0.2) is 62.0 Å². The Morgan fingerprint density at radius 3 is 2.52 bits per heavy atom. The number of nitrogens with zero attached hydrogens (tertiary/aromatic N) is 2. The number of benzene rings is 2. The molecule has 1 unspecified atom stereocenters. The van der Waals surface area contributed by atoms with Gasteiger partial charge in [-0.15, -0.1) is 5.10 Å². The van der Waals surface area contributed by atoms with Gasteiger partial charge in [-0.05, 0) is 55.0 Å². The highest BCUT2D eigenvalue weighted by Gasteiger charge is 2.25. The molecule has 0 radical (unpaired) electrons. The van der Waals surface area contributed by atoms with Crippen molar-refractivity contribution in [2.45, 2.75) is 17.1 Å². The number of thioether (sulfide) groups is 1. The molecule has 1 N–H and O–H groups in total. The minimum absolute atomic E-state index is 0.0227. The van der Waals surface area contributed by atoms with Crippen molar-refractivity contribution in [3.05, 3.63) is 52.5 Å². The maximum atomic E-state index is 12.5. The van der Waals surface area contributed by atoms with Gasteiger partial charge in [0, 0.05) is 4.47 Å². The molecular weight excluding hydrogens is 482 g/mol. The van der Waals surface area contributed by atoms with Crippen molar-refractivity contribution in [1.82, 2.24) is 5.32 Å². The molecule has 1 aliphatic rings. The molecule has 2 aromatic carbocycles. The normalized spacial score (nSPS) is 18.2. The van der Waals surface area contributed by atoms with Crippen LogP contribution in [-0.2, 0) is 14.9 Å². The van der Waals surface area contributed by atoms with Crippen LogP contribution in [0, 0.1) is 0 Å². The number of amides is 1. The van der Waals surface area contributed by atoms with Crippen LogP contribution in [0.25, 0.3) is 0 Å². The van der Waals surface area contributed by atoms with Crippen molar-refractivity contribution in [1.29, 1.82) is 0 Å². The molecule has 1 fully saturated rings. The van der Waals surface area contributed by atoms with Crippen LogP contribution < -0.4 is 14.2 Å². The first-order valence-electron chi connectivity index (χ1n) is 8.25. The van der Waals surface area contributed by atoms with Gasteiger partial charge in [-0.3, -0.25) is 4.79 Å². The van der Waals surface area contributed by atoms with Gasteiger partial charge in [0.25, 0.3) is 0 Å². The molecule has 1 heterocycles. The standard InChI is InChI=1S/C18H16BrN3O5S2/c1-11-17(23)21-18(28-11)22-20-10-12-3-8-15(16(9-12)26-2)27-29(24,25)14-6-4-13(19)5-7-14/h3-11H,1-2H3,(H,21,22,23)/b20-10+. The Balaban J connectivity index is 1.77. The van der Waals surface area contributed by atoms with Crippen LogP contribution >= 0.6 is 27.7 Å². The third kappa shape index (κ3) is 5.37. The van der Waals surface area contributed by atoms with E-state index < -0.39 is 10.1 Å². The maximum Gasteiger partial charge on any atom is 0.339 e. The number of carbonyl (C=O) groups excluding carboxylic acids is 1. The number of ether oxygens (including phenoxy) is 1. The number of amidine groups is 1. The molecule has 29 heavy (non-hydrogen) atoms. The molecular formula is C18H16BrN3O5S2. The fraction of sp³-hybridized carbons (Fsp3) is 0.167. The topological polar surface area (TPSA) is 106 Å². The van der Waals surface area contributed by atoms with Crippen LogP contribution in [0.4, 0.5) is 0 Å². The molecule has 1 atom stereocenters. The van der Waals surface area contributed by atoms with Gasteiger partial charge < -0.3 is 14.2 Å². The van der Waals surface area contributed by atoms with E-state index in [1.54, 1.807) is 31.2 Å². The molecule has 0 aromatic heterocycles. The average molecular weight is 498 g/mol. The van der Waals surface area contributed by atoms with E-state index in [9.17, 15) is 13.2 Å². The average Bonchev–Trinajstić information content (AvgIpc) is 3.00. The Kier molecular flexibility index (Phi) is 6.60. The van der Waals surface area contributed by atoms with Crippen LogP contribution in [0.1, 0.15) is 12.5 Å². The van der Waals surface area contributed by atoms with E-state index in [-0.39, 0.29) is 27.6 Å². The summed E-state index contributed by atoms with van der Waals surface area (Å²) in [5.74, 6) is 0.157. The lowest BCUT2D eigenvalue weighted by molar-refractivity contribution is -0.118. The second kappa shape index (κ2) is 8.97. The molecule has 0 spiro atoms.